The number of aromatic nitrogens is 2. The van der Waals surface area contributed by atoms with E-state index in [1.54, 1.807) is 41.4 Å². The minimum absolute atomic E-state index is 0.211. The van der Waals surface area contributed by atoms with Crippen LogP contribution in [0, 0.1) is 0 Å². The third kappa shape index (κ3) is 2.70. The second-order valence-corrected chi connectivity index (χ2v) is 4.86. The zero-order valence-corrected chi connectivity index (χ0v) is 10.6. The number of thioether (sulfide) groups is 1. The van der Waals surface area contributed by atoms with Crippen LogP contribution < -0.4 is 5.73 Å². The molecule has 0 bridgehead atoms. The molecule has 0 saturated carbocycles. The van der Waals surface area contributed by atoms with Crippen LogP contribution in [0.4, 0.5) is 8.78 Å². The number of rotatable bonds is 4. The lowest BCUT2D eigenvalue weighted by Gasteiger charge is -2.14. The summed E-state index contributed by atoms with van der Waals surface area (Å²) in [5, 5.41) is 0. The van der Waals surface area contributed by atoms with Gasteiger partial charge in [0, 0.05) is 10.9 Å². The first-order chi connectivity index (χ1) is 8.59. The molecule has 0 aliphatic rings. The normalized spacial score (nSPS) is 12.9. The fraction of sp³-hybridized carbons (Fsp3) is 0.250. The molecule has 0 aliphatic heterocycles. The Balaban J connectivity index is 2.46. The van der Waals surface area contributed by atoms with Crippen LogP contribution in [0.15, 0.2) is 41.7 Å². The second-order valence-electron chi connectivity index (χ2n) is 3.82. The van der Waals surface area contributed by atoms with Gasteiger partial charge in [0.15, 0.2) is 0 Å². The number of nitrogens with two attached hydrogens (primary N) is 1. The molecule has 0 fully saturated rings. The number of hydrogen-bond donors (Lipinski definition) is 1. The Labute approximate surface area is 108 Å². The van der Waals surface area contributed by atoms with Crippen LogP contribution in [0.3, 0.4) is 0 Å². The zero-order chi connectivity index (χ0) is 13.1. The molecular formula is C12H13F2N3S. The predicted octanol–water partition coefficient (Wildman–Crippen LogP) is 3.21. The molecule has 1 aromatic carbocycles. The van der Waals surface area contributed by atoms with E-state index in [2.05, 4.69) is 4.98 Å². The molecule has 6 heteroatoms. The minimum Gasteiger partial charge on any atom is -0.323 e. The average Bonchev–Trinajstić information content (AvgIpc) is 2.77. The summed E-state index contributed by atoms with van der Waals surface area (Å²) in [5.41, 5.74) is 7.29. The first-order valence-corrected chi connectivity index (χ1v) is 6.29. The van der Waals surface area contributed by atoms with Crippen LogP contribution in [0.25, 0.3) is 5.69 Å². The summed E-state index contributed by atoms with van der Waals surface area (Å²) in [5.74, 6) is -2.45. The van der Waals surface area contributed by atoms with Gasteiger partial charge in [-0.3, -0.25) is 0 Å². The van der Waals surface area contributed by atoms with Gasteiger partial charge in [-0.15, -0.1) is 0 Å². The molecule has 2 aromatic rings. The number of imidazole rings is 1. The topological polar surface area (TPSA) is 43.8 Å². The third-order valence-electron chi connectivity index (χ3n) is 2.47. The molecule has 3 nitrogen and oxygen atoms in total. The summed E-state index contributed by atoms with van der Waals surface area (Å²) in [7, 11) is 0. The lowest BCUT2D eigenvalue weighted by atomic mass is 10.2. The Morgan fingerprint density at radius 3 is 2.72 bits per heavy atom. The van der Waals surface area contributed by atoms with Gasteiger partial charge in [0.2, 0.25) is 0 Å². The fourth-order valence-corrected chi connectivity index (χ4v) is 2.33. The van der Waals surface area contributed by atoms with E-state index in [-0.39, 0.29) is 6.04 Å². The van der Waals surface area contributed by atoms with Crippen molar-refractivity contribution in [1.82, 2.24) is 9.55 Å². The van der Waals surface area contributed by atoms with E-state index in [1.807, 2.05) is 6.92 Å². The highest BCUT2D eigenvalue weighted by atomic mass is 32.2. The summed E-state index contributed by atoms with van der Waals surface area (Å²) in [4.78, 5) is 4.53. The monoisotopic (exact) mass is 269 g/mol. The van der Waals surface area contributed by atoms with Gasteiger partial charge in [-0.05, 0) is 19.1 Å². The van der Waals surface area contributed by atoms with E-state index in [9.17, 15) is 8.78 Å². The molecule has 0 radical (unpaired) electrons. The Hall–Kier alpha value is -1.40. The van der Waals surface area contributed by atoms with Gasteiger partial charge in [0.25, 0.3) is 5.76 Å². The molecule has 0 unspecified atom stereocenters. The molecule has 1 aromatic heterocycles. The van der Waals surface area contributed by atoms with E-state index in [0.717, 1.165) is 5.69 Å². The smallest absolute Gasteiger partial charge is 0.288 e. The first-order valence-electron chi connectivity index (χ1n) is 5.41. The SMILES string of the molecule is C[C@@H](N)c1cncn1-c1ccccc1SC(F)F. The molecule has 0 saturated heterocycles. The summed E-state index contributed by atoms with van der Waals surface area (Å²) in [6.45, 7) is 1.83. The van der Waals surface area contributed by atoms with Crippen LogP contribution in [-0.4, -0.2) is 15.3 Å². The lowest BCUT2D eigenvalue weighted by Crippen LogP contribution is -2.11. The van der Waals surface area contributed by atoms with Crippen molar-refractivity contribution in [1.29, 1.82) is 0 Å². The van der Waals surface area contributed by atoms with Crippen molar-refractivity contribution in [2.24, 2.45) is 5.73 Å². The number of halogens is 2. The Morgan fingerprint density at radius 1 is 1.33 bits per heavy atom. The van der Waals surface area contributed by atoms with Gasteiger partial charge in [-0.25, -0.2) is 4.98 Å². The van der Waals surface area contributed by atoms with E-state index < -0.39 is 5.76 Å². The van der Waals surface area contributed by atoms with Crippen LogP contribution in [0.2, 0.25) is 0 Å². The second kappa shape index (κ2) is 5.49. The molecule has 0 amide bonds. The summed E-state index contributed by atoms with van der Waals surface area (Å²) in [6, 6.07) is 6.76. The van der Waals surface area contributed by atoms with Crippen LogP contribution >= 0.6 is 11.8 Å². The predicted molar refractivity (Wildman–Crippen MR) is 68.0 cm³/mol. The molecule has 2 rings (SSSR count). The van der Waals surface area contributed by atoms with Gasteiger partial charge in [0.1, 0.15) is 0 Å². The van der Waals surface area contributed by atoms with Crippen molar-refractivity contribution in [2.75, 3.05) is 0 Å². The maximum absolute atomic E-state index is 12.5. The number of nitrogens with zero attached hydrogens (tertiary/aromatic N) is 2. The summed E-state index contributed by atoms with van der Waals surface area (Å²) < 4.78 is 26.8. The van der Waals surface area contributed by atoms with Crippen molar-refractivity contribution in [3.8, 4) is 5.69 Å². The molecular weight excluding hydrogens is 256 g/mol. The highest BCUT2D eigenvalue weighted by Gasteiger charge is 2.14. The van der Waals surface area contributed by atoms with E-state index in [1.165, 1.54) is 0 Å². The van der Waals surface area contributed by atoms with Crippen molar-refractivity contribution in [2.45, 2.75) is 23.6 Å². The number of hydrogen-bond acceptors (Lipinski definition) is 3. The van der Waals surface area contributed by atoms with Gasteiger partial charge in [-0.1, -0.05) is 23.9 Å². The standard InChI is InChI=1S/C12H13F2N3S/c1-8(15)10-6-16-7-17(10)9-4-2-3-5-11(9)18-12(13)14/h2-8,12H,15H2,1H3/t8-/m1/s1. The van der Waals surface area contributed by atoms with E-state index >= 15 is 0 Å². The molecule has 1 atom stereocenters. The van der Waals surface area contributed by atoms with Gasteiger partial charge in [0.05, 0.1) is 23.9 Å². The lowest BCUT2D eigenvalue weighted by molar-refractivity contribution is 0.252. The van der Waals surface area contributed by atoms with E-state index in [0.29, 0.717) is 22.3 Å². The summed E-state index contributed by atoms with van der Waals surface area (Å²) in [6.07, 6.45) is 3.23. The van der Waals surface area contributed by atoms with Crippen molar-refractivity contribution in [3.05, 3.63) is 42.5 Å². The fourth-order valence-electron chi connectivity index (χ4n) is 1.70. The van der Waals surface area contributed by atoms with Crippen molar-refractivity contribution < 1.29 is 8.78 Å². The minimum atomic E-state index is -2.45. The van der Waals surface area contributed by atoms with Crippen LogP contribution in [0.1, 0.15) is 18.7 Å². The van der Waals surface area contributed by atoms with Gasteiger partial charge in [-0.2, -0.15) is 8.78 Å². The number of para-hydroxylation sites is 1. The van der Waals surface area contributed by atoms with E-state index in [4.69, 9.17) is 5.73 Å². The van der Waals surface area contributed by atoms with Crippen molar-refractivity contribution >= 4 is 11.8 Å². The van der Waals surface area contributed by atoms with Crippen LogP contribution in [0.5, 0.6) is 0 Å². The zero-order valence-electron chi connectivity index (χ0n) is 9.75. The van der Waals surface area contributed by atoms with Gasteiger partial charge < -0.3 is 10.3 Å². The largest absolute Gasteiger partial charge is 0.323 e. The molecule has 18 heavy (non-hydrogen) atoms. The first kappa shape index (κ1) is 13.0. The van der Waals surface area contributed by atoms with Crippen LogP contribution in [-0.2, 0) is 0 Å². The Morgan fingerprint density at radius 2 is 2.06 bits per heavy atom. The molecule has 96 valence electrons. The number of benzene rings is 1. The molecule has 1 heterocycles. The maximum Gasteiger partial charge on any atom is 0.288 e. The highest BCUT2D eigenvalue weighted by Crippen LogP contribution is 2.31. The summed E-state index contributed by atoms with van der Waals surface area (Å²) >= 11 is 0.521. The highest BCUT2D eigenvalue weighted by molar-refractivity contribution is 7.99. The quantitative estimate of drug-likeness (QED) is 0.867. The Bertz CT molecular complexity index is 526. The molecule has 0 spiro atoms. The third-order valence-corrected chi connectivity index (χ3v) is 3.25. The molecule has 0 aliphatic carbocycles. The Kier molecular flexibility index (Phi) is 3.98. The molecule has 2 N–H and O–H groups in total. The average molecular weight is 269 g/mol. The maximum atomic E-state index is 12.5. The number of alkyl halides is 2. The van der Waals surface area contributed by atoms with Gasteiger partial charge >= 0.3 is 0 Å². The van der Waals surface area contributed by atoms with Crippen molar-refractivity contribution in [3.63, 3.8) is 0 Å².